The molecule has 0 N–H and O–H groups in total. The van der Waals surface area contributed by atoms with Crippen molar-refractivity contribution in [3.63, 3.8) is 0 Å². The topological polar surface area (TPSA) is 21.3 Å². The zero-order chi connectivity index (χ0) is 97.6. The Hall–Kier alpha value is -14.2. The quantitative estimate of drug-likeness (QED) is 0.155. The average Bonchev–Trinajstić information content (AvgIpc) is 1.04. The van der Waals surface area contributed by atoms with Crippen LogP contribution in [0, 0.1) is 0 Å². The van der Waals surface area contributed by atoms with Gasteiger partial charge in [0.25, 0.3) is 6.71 Å². The van der Waals surface area contributed by atoms with Crippen LogP contribution in [0.2, 0.25) is 0 Å². The van der Waals surface area contributed by atoms with Crippen molar-refractivity contribution in [3.05, 3.63) is 379 Å². The molecule has 6 heterocycles. The summed E-state index contributed by atoms with van der Waals surface area (Å²) >= 11 is 0. The molecule has 5 nitrogen and oxygen atoms in total. The third kappa shape index (κ3) is 14.5. The predicted molar refractivity (Wildman–Crippen MR) is 591 cm³/mol. The molecule has 0 atom stereocenters. The summed E-state index contributed by atoms with van der Waals surface area (Å²) in [6.07, 6.45) is 0. The van der Waals surface area contributed by atoms with Gasteiger partial charge in [0.05, 0.1) is 33.4 Å². The van der Waals surface area contributed by atoms with Gasteiger partial charge in [0.15, 0.2) is 0 Å². The van der Waals surface area contributed by atoms with Crippen LogP contribution >= 0.6 is 0 Å². The van der Waals surface area contributed by atoms with Crippen LogP contribution in [0.3, 0.4) is 0 Å². The van der Waals surface area contributed by atoms with Gasteiger partial charge in [-0.15, -0.1) is 0 Å². The van der Waals surface area contributed by atoms with Crippen molar-refractivity contribution in [3.8, 4) is 100 Å². The first-order chi connectivity index (χ1) is 66.4. The number of rotatable bonds is 6. The van der Waals surface area contributed by atoms with E-state index in [0.29, 0.717) is 11.0 Å². The zero-order valence-corrected chi connectivity index (χ0v) is 83.1. The molecule has 23 rings (SSSR count). The fourth-order valence-corrected chi connectivity index (χ4v) is 22.2. The fourth-order valence-electron chi connectivity index (χ4n) is 22.2. The highest BCUT2D eigenvalue weighted by atomic mass is 15.2. The number of benzene rings is 17. The fraction of sp³-hybridized carbons (Fsp3) is 0.221. The molecule has 20 aromatic rings. The van der Waals surface area contributed by atoms with Crippen LogP contribution in [0.15, 0.2) is 340 Å². The van der Waals surface area contributed by atoms with E-state index >= 15 is 0 Å². The molecule has 17 aromatic carbocycles. The summed E-state index contributed by atoms with van der Waals surface area (Å²) < 4.78 is 34.9. The first kappa shape index (κ1) is 83.4. The van der Waals surface area contributed by atoms with Gasteiger partial charge in [0.1, 0.15) is 0 Å². The second kappa shape index (κ2) is 30.9. The Morgan fingerprint density at radius 3 is 0.766 bits per heavy atom. The molecule has 3 aliphatic rings. The van der Waals surface area contributed by atoms with Gasteiger partial charge in [-0.05, 0) is 318 Å². The molecule has 3 aromatic heterocycles. The number of aromatic nitrogens is 3. The van der Waals surface area contributed by atoms with Crippen molar-refractivity contribution in [1.29, 1.82) is 0 Å². The Balaban J connectivity index is 0.940. The van der Waals surface area contributed by atoms with Gasteiger partial charge in [-0.25, -0.2) is 0 Å². The molecule has 0 saturated carbocycles. The SMILES string of the molecule is [2H]C([2H])([2H])n1c2ccc3cc2c2cc(ccc21)-c1cccc(c1)-c1cc(C(C)(C)C)cc(-c2cccc(-c4ccccc4)c2)c1N1c2cc(-n4c5ccc(C(C)(C)C)cc5c5cc(C(C)(C)C)ccc54)ccc2B2c4ccc(-n5c6ccc(C(C)(C)C)cc6c6cc(C(C)(C)C)ccc65)cc4N(c4cc(C(C)(C)C)cc1c42)c1c(-c2cccc(-c4ccccc4)c2)cc(C(C)(C)C)cc1-c1cccc-3c1. The first-order valence-electron chi connectivity index (χ1n) is 50.7. The highest BCUT2D eigenvalue weighted by Gasteiger charge is 2.47. The van der Waals surface area contributed by atoms with Crippen LogP contribution in [0.4, 0.5) is 34.1 Å². The molecule has 13 bridgehead atoms. The molecular weight excluding hydrogens is 1650 g/mol. The van der Waals surface area contributed by atoms with Crippen LogP contribution < -0.4 is 26.2 Å². The lowest BCUT2D eigenvalue weighted by molar-refractivity contribution is 0.590. The summed E-state index contributed by atoms with van der Waals surface area (Å²) in [5.41, 5.74) is 41.9. The van der Waals surface area contributed by atoms with Crippen LogP contribution in [0.5, 0.6) is 0 Å². The predicted octanol–water partition coefficient (Wildman–Crippen LogP) is 34.3. The summed E-state index contributed by atoms with van der Waals surface area (Å²) in [5, 5.41) is 6.63. The zero-order valence-electron chi connectivity index (χ0n) is 86.1. The van der Waals surface area contributed by atoms with E-state index in [1.54, 1.807) is 4.57 Å². The molecule has 3 aliphatic heterocycles. The van der Waals surface area contributed by atoms with Crippen molar-refractivity contribution >= 4 is 123 Å². The number of hydrogen-bond acceptors (Lipinski definition) is 2. The molecule has 137 heavy (non-hydrogen) atoms. The molecule has 0 saturated heterocycles. The van der Waals surface area contributed by atoms with Gasteiger partial charge < -0.3 is 23.5 Å². The summed E-state index contributed by atoms with van der Waals surface area (Å²) in [5.74, 6) is 0. The first-order valence-corrected chi connectivity index (χ1v) is 49.2. The van der Waals surface area contributed by atoms with E-state index < -0.39 is 12.4 Å². The van der Waals surface area contributed by atoms with Crippen molar-refractivity contribution in [2.75, 3.05) is 9.80 Å². The summed E-state index contributed by atoms with van der Waals surface area (Å²) in [6, 6.07) is 131. The lowest BCUT2D eigenvalue weighted by Gasteiger charge is -2.47. The van der Waals surface area contributed by atoms with E-state index in [4.69, 9.17) is 0 Å². The Bertz CT molecular complexity index is 7950. The van der Waals surface area contributed by atoms with Crippen molar-refractivity contribution in [2.24, 2.45) is 6.98 Å². The van der Waals surface area contributed by atoms with Gasteiger partial charge in [-0.1, -0.05) is 327 Å². The standard InChI is InChI=1S/C131H122BN5/c1-125(2,3)91-47-57-114-106(67-91)107-68-92(126(4,5)6)48-58-115(107)134(114)98-51-53-110-118(77-98)136-120-75-97(131(19,20)21)76-121-122(120)132(110)111-54-52-99(135-116-59-49-93(127(7,8)9)69-108(116)109-70-94(128(10,11)12)50-60-117(109)135)78-119(111)137(121)124-101(88-42-30-38-82(62-88)80-35-27-24-28-36-80)72-96(130(16,17)18)74-103(124)90-44-32-40-84(64-90)86-46-56-113-105(66-86)104-65-85(45-55-112(104)133(113)22)83-39-31-43-89(63-83)102-73-95(129(13,14)15)71-100(123(102)136)87-41-29-37-81(61-87)79-33-25-23-26-34-79/h23-78H,1-22H3/i22D3. The molecule has 0 aliphatic carbocycles. The Labute approximate surface area is 814 Å². The maximum atomic E-state index is 9.39. The van der Waals surface area contributed by atoms with Gasteiger partial charge in [0, 0.05) is 111 Å². The van der Waals surface area contributed by atoms with E-state index in [1.165, 1.54) is 76.9 Å². The third-order valence-corrected chi connectivity index (χ3v) is 30.2. The maximum Gasteiger partial charge on any atom is 0.252 e. The van der Waals surface area contributed by atoms with Crippen molar-refractivity contribution in [1.82, 2.24) is 13.7 Å². The molecule has 0 fully saturated rings. The summed E-state index contributed by atoms with van der Waals surface area (Å²) in [4.78, 5) is 5.54. The molecule has 0 unspecified atom stereocenters. The molecular formula is C131H122BN5. The van der Waals surface area contributed by atoms with Gasteiger partial charge in [-0.3, -0.25) is 0 Å². The van der Waals surface area contributed by atoms with Crippen LogP contribution in [-0.2, 0) is 44.9 Å². The molecule has 0 radical (unpaired) electrons. The molecule has 0 spiro atoms. The average molecular weight is 1780 g/mol. The minimum absolute atomic E-state index is 0.124. The van der Waals surface area contributed by atoms with Crippen LogP contribution in [-0.4, -0.2) is 20.4 Å². The monoisotopic (exact) mass is 1780 g/mol. The molecule has 674 valence electrons. The normalized spacial score (nSPS) is 13.8. The number of hydrogen-bond donors (Lipinski definition) is 0. The summed E-state index contributed by atoms with van der Waals surface area (Å²) in [6.45, 7) is 46.6. The van der Waals surface area contributed by atoms with E-state index in [1.807, 2.05) is 12.1 Å². The molecule has 6 heteroatoms. The maximum absolute atomic E-state index is 9.39. The molecule has 0 amide bonds. The van der Waals surface area contributed by atoms with Crippen LogP contribution in [0.1, 0.15) is 188 Å². The Morgan fingerprint density at radius 1 is 0.204 bits per heavy atom. The van der Waals surface area contributed by atoms with Gasteiger partial charge in [0.2, 0.25) is 0 Å². The Kier molecular flexibility index (Phi) is 18.8. The largest absolute Gasteiger partial charge is 0.344 e. The minimum Gasteiger partial charge on any atom is -0.344 e. The van der Waals surface area contributed by atoms with Crippen LogP contribution in [0.25, 0.3) is 166 Å². The van der Waals surface area contributed by atoms with E-state index in [0.717, 1.165) is 167 Å². The van der Waals surface area contributed by atoms with E-state index in [9.17, 15) is 4.11 Å². The van der Waals surface area contributed by atoms with Crippen molar-refractivity contribution < 1.29 is 4.11 Å². The number of fused-ring (bicyclic) bond motifs is 26. The van der Waals surface area contributed by atoms with E-state index in [2.05, 4.69) is 492 Å². The van der Waals surface area contributed by atoms with Gasteiger partial charge in [-0.2, -0.15) is 0 Å². The highest BCUT2D eigenvalue weighted by molar-refractivity contribution is 7.00. The lowest BCUT2D eigenvalue weighted by atomic mass is 9.33. The number of nitrogens with zero attached hydrogens (tertiary/aromatic N) is 5. The second-order valence-corrected chi connectivity index (χ2v) is 46.6. The summed E-state index contributed by atoms with van der Waals surface area (Å²) in [7, 11) is 0. The number of aryl methyl sites for hydroxylation is 1. The van der Waals surface area contributed by atoms with Gasteiger partial charge >= 0.3 is 0 Å². The number of anilines is 6. The Morgan fingerprint density at radius 2 is 0.467 bits per heavy atom. The smallest absolute Gasteiger partial charge is 0.252 e. The second-order valence-electron chi connectivity index (χ2n) is 46.6. The van der Waals surface area contributed by atoms with E-state index in [-0.39, 0.29) is 39.2 Å². The minimum atomic E-state index is -2.51. The lowest BCUT2D eigenvalue weighted by Crippen LogP contribution is -2.61. The third-order valence-electron chi connectivity index (χ3n) is 30.2. The van der Waals surface area contributed by atoms with Crippen molar-refractivity contribution in [2.45, 2.75) is 183 Å². The highest BCUT2D eigenvalue weighted by Crippen LogP contribution is 2.58.